The summed E-state index contributed by atoms with van der Waals surface area (Å²) in [6, 6.07) is 13.2. The highest BCUT2D eigenvalue weighted by Gasteiger charge is 2.32. The highest BCUT2D eigenvalue weighted by molar-refractivity contribution is 7.92. The molecule has 13 heteroatoms. The van der Waals surface area contributed by atoms with Gasteiger partial charge in [-0.05, 0) is 61.4 Å². The van der Waals surface area contributed by atoms with Crippen molar-refractivity contribution < 1.29 is 22.7 Å². The number of aryl methyl sites for hydroxylation is 2. The number of sulfonamides is 1. The van der Waals surface area contributed by atoms with Crippen molar-refractivity contribution in [2.45, 2.75) is 64.9 Å². The molecular weight excluding hydrogens is 655 g/mol. The fourth-order valence-electron chi connectivity index (χ4n) is 6.73. The number of amides is 1. The number of hydrogen-bond acceptors (Lipinski definition) is 10. The molecule has 2 aromatic carbocycles. The number of carbonyl (C=O) groups is 1. The molecule has 0 radical (unpaired) electrons. The Balaban J connectivity index is 1.40. The van der Waals surface area contributed by atoms with Gasteiger partial charge in [-0.15, -0.1) is 0 Å². The molecule has 0 spiro atoms. The molecule has 4 bridgehead atoms. The number of aromatic nitrogens is 4. The Morgan fingerprint density at radius 1 is 1.02 bits per heavy atom. The van der Waals surface area contributed by atoms with Crippen LogP contribution in [0.25, 0.3) is 11.3 Å². The lowest BCUT2D eigenvalue weighted by Crippen LogP contribution is -2.45. The number of carbonyl (C=O) groups excluding carboxylic acids is 1. The van der Waals surface area contributed by atoms with Crippen molar-refractivity contribution in [2.24, 2.45) is 11.3 Å². The van der Waals surface area contributed by atoms with Crippen LogP contribution >= 0.6 is 0 Å². The number of benzene rings is 2. The van der Waals surface area contributed by atoms with Crippen molar-refractivity contribution in [3.63, 3.8) is 0 Å². The number of nitrogens with zero attached hydrogens (tertiary/aromatic N) is 6. The van der Waals surface area contributed by atoms with E-state index in [1.54, 1.807) is 42.6 Å². The van der Waals surface area contributed by atoms with Crippen LogP contribution in [0.4, 0.5) is 11.6 Å². The lowest BCUT2D eigenvalue weighted by Gasteiger charge is -2.35. The normalized spacial score (nSPS) is 19.2. The van der Waals surface area contributed by atoms with Crippen LogP contribution in [0.15, 0.2) is 65.8 Å². The average molecular weight is 700 g/mol. The van der Waals surface area contributed by atoms with Gasteiger partial charge in [0, 0.05) is 43.3 Å². The van der Waals surface area contributed by atoms with E-state index in [9.17, 15) is 13.2 Å². The summed E-state index contributed by atoms with van der Waals surface area (Å²) in [7, 11) is -2.46. The molecular formula is C37H45N7O5S. The molecule has 0 unspecified atom stereocenters. The predicted molar refractivity (Wildman–Crippen MR) is 192 cm³/mol. The zero-order valence-electron chi connectivity index (χ0n) is 29.5. The number of nitrogens with one attached hydrogen (secondary N) is 1. The minimum absolute atomic E-state index is 0.0866. The number of hydrogen-bond donors (Lipinski definition) is 1. The van der Waals surface area contributed by atoms with Crippen LogP contribution in [0.2, 0.25) is 0 Å². The molecule has 264 valence electrons. The van der Waals surface area contributed by atoms with Crippen LogP contribution in [0.5, 0.6) is 5.88 Å². The van der Waals surface area contributed by atoms with E-state index < -0.39 is 16.1 Å². The van der Waals surface area contributed by atoms with E-state index in [4.69, 9.17) is 9.47 Å². The summed E-state index contributed by atoms with van der Waals surface area (Å²) < 4.78 is 41.6. The summed E-state index contributed by atoms with van der Waals surface area (Å²) in [6.07, 6.45) is 5.21. The molecule has 0 aliphatic carbocycles. The van der Waals surface area contributed by atoms with E-state index in [1.165, 1.54) is 12.1 Å². The first kappa shape index (κ1) is 35.2. The summed E-state index contributed by atoms with van der Waals surface area (Å²) in [5.41, 5.74) is 4.26. The fraction of sp³-hybridized carbons (Fsp3) is 0.432. The summed E-state index contributed by atoms with van der Waals surface area (Å²) in [4.78, 5) is 36.8. The number of rotatable bonds is 7. The Kier molecular flexibility index (Phi) is 10.1. The van der Waals surface area contributed by atoms with Gasteiger partial charge in [0.25, 0.3) is 15.9 Å². The minimum atomic E-state index is -4.18. The molecule has 1 amide bonds. The minimum Gasteiger partial charge on any atom is -0.475 e. The highest BCUT2D eigenvalue weighted by Crippen LogP contribution is 2.32. The predicted octanol–water partition coefficient (Wildman–Crippen LogP) is 5.66. The molecule has 2 aliphatic rings. The van der Waals surface area contributed by atoms with Crippen LogP contribution < -0.4 is 14.4 Å². The van der Waals surface area contributed by atoms with Gasteiger partial charge in [-0.25, -0.2) is 28.1 Å². The summed E-state index contributed by atoms with van der Waals surface area (Å²) in [6.45, 7) is 12.9. The summed E-state index contributed by atoms with van der Waals surface area (Å²) in [5, 5.41) is 0. The van der Waals surface area contributed by atoms with Crippen molar-refractivity contribution >= 4 is 27.6 Å². The third kappa shape index (κ3) is 8.05. The second kappa shape index (κ2) is 14.3. The molecule has 2 aliphatic heterocycles. The zero-order chi connectivity index (χ0) is 35.6. The van der Waals surface area contributed by atoms with Crippen molar-refractivity contribution in [3.05, 3.63) is 83.4 Å². The number of anilines is 2. The van der Waals surface area contributed by atoms with Gasteiger partial charge < -0.3 is 19.3 Å². The van der Waals surface area contributed by atoms with Crippen LogP contribution in [-0.2, 0) is 21.3 Å². The first-order chi connectivity index (χ1) is 23.8. The molecule has 12 nitrogen and oxygen atoms in total. The smallest absolute Gasteiger partial charge is 0.264 e. The lowest BCUT2D eigenvalue weighted by molar-refractivity contribution is 0.0505. The van der Waals surface area contributed by atoms with Crippen LogP contribution in [-0.4, -0.2) is 78.6 Å². The van der Waals surface area contributed by atoms with Gasteiger partial charge in [-0.3, -0.25) is 4.79 Å². The second-order valence-electron chi connectivity index (χ2n) is 14.4. The number of ether oxygens (including phenoxy) is 2. The van der Waals surface area contributed by atoms with Gasteiger partial charge in [0.05, 0.1) is 47.9 Å². The monoisotopic (exact) mass is 699 g/mol. The van der Waals surface area contributed by atoms with E-state index >= 15 is 0 Å². The molecule has 2 aromatic heterocycles. The Morgan fingerprint density at radius 3 is 2.44 bits per heavy atom. The van der Waals surface area contributed by atoms with Crippen LogP contribution in [0.3, 0.4) is 0 Å². The van der Waals surface area contributed by atoms with Gasteiger partial charge in [0.1, 0.15) is 12.4 Å². The van der Waals surface area contributed by atoms with E-state index in [-0.39, 0.29) is 46.8 Å². The molecule has 50 heavy (non-hydrogen) atoms. The van der Waals surface area contributed by atoms with Gasteiger partial charge in [-0.2, -0.15) is 4.98 Å². The largest absolute Gasteiger partial charge is 0.475 e. The number of fused-ring (bicyclic) bond motifs is 4. The molecule has 4 heterocycles. The molecule has 0 saturated carbocycles. The molecule has 1 N–H and O–H groups in total. The number of methoxy groups -OCH3 is 1. The van der Waals surface area contributed by atoms with Gasteiger partial charge in [0.15, 0.2) is 0 Å². The van der Waals surface area contributed by atoms with Gasteiger partial charge in [-0.1, -0.05) is 45.0 Å². The fourth-order valence-corrected chi connectivity index (χ4v) is 7.72. The van der Waals surface area contributed by atoms with E-state index in [0.29, 0.717) is 30.5 Å². The maximum Gasteiger partial charge on any atom is 0.264 e. The Hall–Kier alpha value is -4.62. The SMILES string of the molecule is COC[C@H]1CCN(c2cnc(CN3C(=O)c4cccc(c4)S(=O)(=O)Nc4nc(cc(-c5c(C)cccc5C)n4)OC[C@H]3CC(C)(C)C)nc2)C1. The Labute approximate surface area is 294 Å². The zero-order valence-corrected chi connectivity index (χ0v) is 30.3. The van der Waals surface area contributed by atoms with Gasteiger partial charge in [0.2, 0.25) is 11.8 Å². The van der Waals surface area contributed by atoms with E-state index in [2.05, 4.69) is 50.3 Å². The maximum atomic E-state index is 14.4. The van der Waals surface area contributed by atoms with Crippen molar-refractivity contribution in [2.75, 3.05) is 43.0 Å². The third-order valence-electron chi connectivity index (χ3n) is 9.09. The molecule has 6 rings (SSSR count). The molecule has 1 saturated heterocycles. The van der Waals surface area contributed by atoms with E-state index in [0.717, 1.165) is 41.9 Å². The topological polar surface area (TPSA) is 140 Å². The summed E-state index contributed by atoms with van der Waals surface area (Å²) in [5.74, 6) is 0.624. The standard InChI is InChI=1S/C37H45N7O5S/c1-24-9-7-10-25(2)34(24)31-16-33-41-36(40-31)42-50(46,47)30-12-8-11-27(15-30)35(45)44(28(23-49-33)17-37(3,4)5)21-32-38-18-29(19-39-32)43-14-13-26(20-43)22-48-6/h7-12,15-16,18-19,26,28H,13-14,17,20-23H2,1-6H3,(H,40,41,42)/t26-,28+/m0/s1. The maximum absolute atomic E-state index is 14.4. The van der Waals surface area contributed by atoms with Crippen LogP contribution in [0.1, 0.15) is 60.9 Å². The second-order valence-corrected chi connectivity index (χ2v) is 16.1. The first-order valence-electron chi connectivity index (χ1n) is 16.9. The van der Waals surface area contributed by atoms with Crippen LogP contribution in [0, 0.1) is 25.2 Å². The highest BCUT2D eigenvalue weighted by atomic mass is 32.2. The van der Waals surface area contributed by atoms with Crippen molar-refractivity contribution in [1.29, 1.82) is 0 Å². The third-order valence-corrected chi connectivity index (χ3v) is 10.4. The molecule has 4 aromatic rings. The first-order valence-corrected chi connectivity index (χ1v) is 18.3. The summed E-state index contributed by atoms with van der Waals surface area (Å²) >= 11 is 0. The quantitative estimate of drug-likeness (QED) is 0.257. The van der Waals surface area contributed by atoms with Crippen molar-refractivity contribution in [1.82, 2.24) is 24.8 Å². The lowest BCUT2D eigenvalue weighted by atomic mass is 9.87. The van der Waals surface area contributed by atoms with Gasteiger partial charge >= 0.3 is 0 Å². The van der Waals surface area contributed by atoms with E-state index in [1.807, 2.05) is 32.0 Å². The average Bonchev–Trinajstić information content (AvgIpc) is 3.53. The Bertz CT molecular complexity index is 1940. The molecule has 2 atom stereocenters. The molecule has 1 fully saturated rings. The van der Waals surface area contributed by atoms with Crippen molar-refractivity contribution in [3.8, 4) is 17.1 Å². The Morgan fingerprint density at radius 2 is 1.74 bits per heavy atom.